The molecule has 98 valence electrons. The van der Waals surface area contributed by atoms with Gasteiger partial charge in [0.15, 0.2) is 11.5 Å². The lowest BCUT2D eigenvalue weighted by Crippen LogP contribution is -1.94. The molecule has 3 rings (SSSR count). The lowest BCUT2D eigenvalue weighted by Gasteiger charge is -1.99. The summed E-state index contributed by atoms with van der Waals surface area (Å²) in [5.74, 6) is 0.697. The summed E-state index contributed by atoms with van der Waals surface area (Å²) in [7, 11) is 0. The van der Waals surface area contributed by atoms with E-state index in [4.69, 9.17) is 11.6 Å². The maximum atomic E-state index is 5.87. The monoisotopic (exact) mass is 274 g/mol. The number of halogens is 1. The van der Waals surface area contributed by atoms with Crippen molar-refractivity contribution in [1.29, 1.82) is 0 Å². The van der Waals surface area contributed by atoms with Crippen LogP contribution in [0.2, 0.25) is 5.15 Å². The van der Waals surface area contributed by atoms with Crippen LogP contribution in [0.15, 0.2) is 36.4 Å². The fourth-order valence-electron chi connectivity index (χ4n) is 1.65. The molecule has 0 saturated carbocycles. The van der Waals surface area contributed by atoms with Crippen molar-refractivity contribution >= 4 is 17.2 Å². The van der Waals surface area contributed by atoms with Crippen molar-refractivity contribution in [3.63, 3.8) is 0 Å². The van der Waals surface area contributed by atoms with Crippen LogP contribution in [0, 0.1) is 6.92 Å². The molecule has 0 atom stereocenters. The molecule has 0 bridgehead atoms. The zero-order chi connectivity index (χ0) is 13.8. The molecule has 4 nitrogen and oxygen atoms in total. The van der Waals surface area contributed by atoms with E-state index in [0.29, 0.717) is 16.6 Å². The Morgan fingerprint density at radius 1 is 0.947 bits per heavy atom. The Labute approximate surface area is 117 Å². The highest BCUT2D eigenvalue weighted by Gasteiger charge is 2.08. The molecule has 0 spiro atoms. The van der Waals surface area contributed by atoms with Crippen LogP contribution in [0.5, 0.6) is 0 Å². The number of benzene rings is 1. The van der Waals surface area contributed by atoms with Gasteiger partial charge in [0, 0.05) is 5.56 Å². The molecule has 2 heterocycles. The fraction of sp³-hybridized carbons (Fsp3) is 0.214. The second kappa shape index (κ2) is 5.80. The zero-order valence-corrected chi connectivity index (χ0v) is 11.9. The Morgan fingerprint density at radius 2 is 1.63 bits per heavy atom. The predicted molar refractivity (Wildman–Crippen MR) is 77.3 cm³/mol. The molecule has 0 unspecified atom stereocenters. The molecule has 0 aliphatic carbocycles. The standard InChI is InChI=1S/C12H9ClN4.C2H6/c1-8-2-4-9(5-3-8)12-15-14-11-7-6-10(13)16-17(11)12;1-2/h2-7H,1H3;1-2H3. The summed E-state index contributed by atoms with van der Waals surface area (Å²) in [6.07, 6.45) is 0. The molecule has 0 amide bonds. The molecule has 3 aromatic rings. The first-order valence-electron chi connectivity index (χ1n) is 6.19. The van der Waals surface area contributed by atoms with Gasteiger partial charge in [-0.15, -0.1) is 10.2 Å². The first-order valence-corrected chi connectivity index (χ1v) is 6.57. The number of hydrogen-bond acceptors (Lipinski definition) is 3. The molecule has 0 aliphatic rings. The molecular weight excluding hydrogens is 260 g/mol. The normalized spacial score (nSPS) is 10.1. The van der Waals surface area contributed by atoms with Crippen molar-refractivity contribution in [3.8, 4) is 11.4 Å². The number of rotatable bonds is 1. The van der Waals surface area contributed by atoms with E-state index in [9.17, 15) is 0 Å². The van der Waals surface area contributed by atoms with Crippen LogP contribution in [0.3, 0.4) is 0 Å². The molecule has 0 radical (unpaired) electrons. The first kappa shape index (κ1) is 13.5. The molecule has 19 heavy (non-hydrogen) atoms. The number of aromatic nitrogens is 4. The van der Waals surface area contributed by atoms with Gasteiger partial charge in [0.25, 0.3) is 0 Å². The van der Waals surface area contributed by atoms with Crippen LogP contribution in [0.1, 0.15) is 19.4 Å². The molecular formula is C14H15ClN4. The summed E-state index contributed by atoms with van der Waals surface area (Å²) >= 11 is 5.87. The van der Waals surface area contributed by atoms with E-state index in [1.165, 1.54) is 5.56 Å². The SMILES string of the molecule is CC.Cc1ccc(-c2nnc3ccc(Cl)nn23)cc1. The van der Waals surface area contributed by atoms with E-state index in [1.807, 2.05) is 45.0 Å². The largest absolute Gasteiger partial charge is 0.191 e. The van der Waals surface area contributed by atoms with Gasteiger partial charge in [-0.25, -0.2) is 0 Å². The molecule has 0 fully saturated rings. The predicted octanol–water partition coefficient (Wildman–Crippen LogP) is 3.78. The van der Waals surface area contributed by atoms with Gasteiger partial charge in [-0.3, -0.25) is 0 Å². The number of fused-ring (bicyclic) bond motifs is 1. The highest BCUT2D eigenvalue weighted by Crippen LogP contribution is 2.18. The Morgan fingerprint density at radius 3 is 2.32 bits per heavy atom. The van der Waals surface area contributed by atoms with Crippen molar-refractivity contribution in [2.45, 2.75) is 20.8 Å². The molecule has 5 heteroatoms. The maximum absolute atomic E-state index is 5.87. The van der Waals surface area contributed by atoms with E-state index in [-0.39, 0.29) is 0 Å². The molecule has 2 aromatic heterocycles. The minimum atomic E-state index is 0.422. The van der Waals surface area contributed by atoms with Crippen LogP contribution in [0.4, 0.5) is 0 Å². The van der Waals surface area contributed by atoms with Gasteiger partial charge < -0.3 is 0 Å². The summed E-state index contributed by atoms with van der Waals surface area (Å²) in [5, 5.41) is 12.8. The van der Waals surface area contributed by atoms with Crippen LogP contribution in [-0.2, 0) is 0 Å². The quantitative estimate of drug-likeness (QED) is 0.678. The third kappa shape index (κ3) is 2.74. The molecule has 0 N–H and O–H groups in total. The Bertz CT molecular complexity index is 673. The Kier molecular flexibility index (Phi) is 4.12. The van der Waals surface area contributed by atoms with Gasteiger partial charge in [-0.1, -0.05) is 55.3 Å². The number of nitrogens with zero attached hydrogens (tertiary/aromatic N) is 4. The summed E-state index contributed by atoms with van der Waals surface area (Å²) in [6, 6.07) is 11.5. The average Bonchev–Trinajstić information content (AvgIpc) is 2.85. The average molecular weight is 275 g/mol. The number of aryl methyl sites for hydroxylation is 1. The topological polar surface area (TPSA) is 43.1 Å². The van der Waals surface area contributed by atoms with Crippen LogP contribution in [0.25, 0.3) is 17.0 Å². The van der Waals surface area contributed by atoms with Gasteiger partial charge in [0.05, 0.1) is 0 Å². The van der Waals surface area contributed by atoms with E-state index in [0.717, 1.165) is 5.56 Å². The summed E-state index contributed by atoms with van der Waals surface area (Å²) in [5.41, 5.74) is 2.86. The fourth-order valence-corrected chi connectivity index (χ4v) is 1.79. The lowest BCUT2D eigenvalue weighted by molar-refractivity contribution is 0.936. The van der Waals surface area contributed by atoms with Crippen molar-refractivity contribution in [2.24, 2.45) is 0 Å². The smallest absolute Gasteiger partial charge is 0.185 e. The van der Waals surface area contributed by atoms with Crippen molar-refractivity contribution in [1.82, 2.24) is 19.8 Å². The van der Waals surface area contributed by atoms with Gasteiger partial charge >= 0.3 is 0 Å². The van der Waals surface area contributed by atoms with Crippen LogP contribution in [-0.4, -0.2) is 19.8 Å². The van der Waals surface area contributed by atoms with Gasteiger partial charge in [0.1, 0.15) is 5.15 Å². The van der Waals surface area contributed by atoms with Crippen molar-refractivity contribution < 1.29 is 0 Å². The van der Waals surface area contributed by atoms with Crippen LogP contribution >= 0.6 is 11.6 Å². The summed E-state index contributed by atoms with van der Waals surface area (Å²) < 4.78 is 1.65. The second-order valence-electron chi connectivity index (χ2n) is 3.82. The highest BCUT2D eigenvalue weighted by atomic mass is 35.5. The molecule has 0 saturated heterocycles. The van der Waals surface area contributed by atoms with Crippen molar-refractivity contribution in [2.75, 3.05) is 0 Å². The van der Waals surface area contributed by atoms with E-state index < -0.39 is 0 Å². The first-order chi connectivity index (χ1) is 9.24. The second-order valence-corrected chi connectivity index (χ2v) is 4.20. The van der Waals surface area contributed by atoms with Gasteiger partial charge in [-0.05, 0) is 19.1 Å². The highest BCUT2D eigenvalue weighted by molar-refractivity contribution is 6.29. The number of hydrogen-bond donors (Lipinski definition) is 0. The minimum Gasteiger partial charge on any atom is -0.191 e. The van der Waals surface area contributed by atoms with Crippen molar-refractivity contribution in [3.05, 3.63) is 47.1 Å². The maximum Gasteiger partial charge on any atom is 0.185 e. The van der Waals surface area contributed by atoms with Crippen LogP contribution < -0.4 is 0 Å². The summed E-state index contributed by atoms with van der Waals surface area (Å²) in [4.78, 5) is 0. The molecule has 1 aromatic carbocycles. The van der Waals surface area contributed by atoms with E-state index in [2.05, 4.69) is 15.3 Å². The van der Waals surface area contributed by atoms with Gasteiger partial charge in [0.2, 0.25) is 0 Å². The summed E-state index contributed by atoms with van der Waals surface area (Å²) in [6.45, 7) is 6.04. The van der Waals surface area contributed by atoms with E-state index in [1.54, 1.807) is 16.6 Å². The lowest BCUT2D eigenvalue weighted by atomic mass is 10.1. The zero-order valence-electron chi connectivity index (χ0n) is 11.1. The Hall–Kier alpha value is -1.94. The third-order valence-electron chi connectivity index (χ3n) is 2.54. The minimum absolute atomic E-state index is 0.422. The van der Waals surface area contributed by atoms with Gasteiger partial charge in [-0.2, -0.15) is 9.61 Å². The molecule has 0 aliphatic heterocycles. The third-order valence-corrected chi connectivity index (χ3v) is 2.74. The Balaban J connectivity index is 0.000000637. The van der Waals surface area contributed by atoms with E-state index >= 15 is 0 Å².